The fourth-order valence-electron chi connectivity index (χ4n) is 3.37. The second-order valence-electron chi connectivity index (χ2n) is 6.01. The first kappa shape index (κ1) is 13.6. The topological polar surface area (TPSA) is 29.9 Å². The highest BCUT2D eigenvalue weighted by Crippen LogP contribution is 2.22. The van der Waals surface area contributed by atoms with Crippen molar-refractivity contribution in [2.45, 2.75) is 45.6 Å². The van der Waals surface area contributed by atoms with E-state index in [4.69, 9.17) is 0 Å². The minimum atomic E-state index is 0.907. The summed E-state index contributed by atoms with van der Waals surface area (Å²) in [7, 11) is 0. The Hall–Kier alpha value is -1.35. The summed E-state index contributed by atoms with van der Waals surface area (Å²) in [5.41, 5.74) is 2.36. The van der Waals surface area contributed by atoms with Gasteiger partial charge in [-0.15, -0.1) is 0 Å². The molecule has 0 radical (unpaired) electrons. The van der Waals surface area contributed by atoms with E-state index >= 15 is 0 Å². The monoisotopic (exact) mass is 271 g/mol. The first-order valence-electron chi connectivity index (χ1n) is 7.97. The summed E-state index contributed by atoms with van der Waals surface area (Å²) in [6, 6.07) is 8.40. The lowest BCUT2D eigenvalue weighted by atomic mass is 9.89. The van der Waals surface area contributed by atoms with Crippen LogP contribution >= 0.6 is 0 Å². The number of para-hydroxylation sites is 2. The molecule has 0 bridgehead atoms. The van der Waals surface area contributed by atoms with Gasteiger partial charge < -0.3 is 9.88 Å². The molecule has 1 heterocycles. The normalized spacial score (nSPS) is 16.9. The van der Waals surface area contributed by atoms with Crippen molar-refractivity contribution in [3.8, 4) is 0 Å². The lowest BCUT2D eigenvalue weighted by molar-refractivity contribution is 0.341. The maximum absolute atomic E-state index is 4.62. The van der Waals surface area contributed by atoms with Crippen LogP contribution in [0.4, 0.5) is 0 Å². The number of hydrogen-bond acceptors (Lipinski definition) is 2. The van der Waals surface area contributed by atoms with E-state index in [1.54, 1.807) is 0 Å². The van der Waals surface area contributed by atoms with Crippen LogP contribution in [0.15, 0.2) is 24.3 Å². The standard InChI is InChI=1S/C17H25N3/c1-14-19-16-9-5-6-10-17(16)20(14)12-11-18-13-15-7-3-2-4-8-15/h5-6,9-10,15,18H,2-4,7-8,11-13H2,1H3. The number of imidazole rings is 1. The molecule has 1 aliphatic rings. The van der Waals surface area contributed by atoms with Crippen molar-refractivity contribution in [1.29, 1.82) is 0 Å². The van der Waals surface area contributed by atoms with Gasteiger partial charge in [0.05, 0.1) is 11.0 Å². The van der Waals surface area contributed by atoms with Crippen molar-refractivity contribution < 1.29 is 0 Å². The van der Waals surface area contributed by atoms with Gasteiger partial charge in [-0.25, -0.2) is 4.98 Å². The van der Waals surface area contributed by atoms with Crippen molar-refractivity contribution in [3.05, 3.63) is 30.1 Å². The predicted molar refractivity (Wildman–Crippen MR) is 83.9 cm³/mol. The molecule has 0 unspecified atom stereocenters. The van der Waals surface area contributed by atoms with Gasteiger partial charge in [-0.2, -0.15) is 0 Å². The van der Waals surface area contributed by atoms with Gasteiger partial charge in [-0.3, -0.25) is 0 Å². The minimum absolute atomic E-state index is 0.907. The minimum Gasteiger partial charge on any atom is -0.327 e. The average Bonchev–Trinajstić information content (AvgIpc) is 2.80. The van der Waals surface area contributed by atoms with Gasteiger partial charge in [0.15, 0.2) is 0 Å². The maximum atomic E-state index is 4.62. The fourth-order valence-corrected chi connectivity index (χ4v) is 3.37. The molecule has 0 saturated heterocycles. The molecule has 1 aliphatic carbocycles. The van der Waals surface area contributed by atoms with Crippen molar-refractivity contribution in [2.24, 2.45) is 5.92 Å². The summed E-state index contributed by atoms with van der Waals surface area (Å²) in [6.07, 6.45) is 7.13. The second kappa shape index (κ2) is 6.40. The third kappa shape index (κ3) is 3.04. The van der Waals surface area contributed by atoms with Crippen LogP contribution in [0.3, 0.4) is 0 Å². The van der Waals surface area contributed by atoms with E-state index in [-0.39, 0.29) is 0 Å². The Morgan fingerprint density at radius 3 is 2.85 bits per heavy atom. The van der Waals surface area contributed by atoms with E-state index in [9.17, 15) is 0 Å². The third-order valence-electron chi connectivity index (χ3n) is 4.52. The molecule has 1 aromatic carbocycles. The van der Waals surface area contributed by atoms with Crippen LogP contribution in [0.1, 0.15) is 37.9 Å². The number of hydrogen-bond donors (Lipinski definition) is 1. The van der Waals surface area contributed by atoms with Crippen LogP contribution in [0.5, 0.6) is 0 Å². The number of rotatable bonds is 5. The van der Waals surface area contributed by atoms with Gasteiger partial charge >= 0.3 is 0 Å². The molecule has 3 nitrogen and oxygen atoms in total. The lowest BCUT2D eigenvalue weighted by Gasteiger charge is -2.21. The highest BCUT2D eigenvalue weighted by atomic mass is 15.1. The van der Waals surface area contributed by atoms with Crippen LogP contribution in [-0.2, 0) is 6.54 Å². The van der Waals surface area contributed by atoms with E-state index in [1.165, 1.54) is 44.2 Å². The van der Waals surface area contributed by atoms with Crippen molar-refractivity contribution in [2.75, 3.05) is 13.1 Å². The molecule has 1 fully saturated rings. The largest absolute Gasteiger partial charge is 0.327 e. The van der Waals surface area contributed by atoms with Gasteiger partial charge in [-0.1, -0.05) is 31.4 Å². The van der Waals surface area contributed by atoms with Crippen LogP contribution in [0, 0.1) is 12.8 Å². The number of nitrogens with zero attached hydrogens (tertiary/aromatic N) is 2. The average molecular weight is 271 g/mol. The number of benzene rings is 1. The zero-order valence-corrected chi connectivity index (χ0v) is 12.4. The molecule has 1 saturated carbocycles. The zero-order chi connectivity index (χ0) is 13.8. The van der Waals surface area contributed by atoms with Gasteiger partial charge in [0, 0.05) is 13.1 Å². The summed E-state index contributed by atoms with van der Waals surface area (Å²) in [5, 5.41) is 3.64. The Kier molecular flexibility index (Phi) is 4.36. The summed E-state index contributed by atoms with van der Waals surface area (Å²) in [4.78, 5) is 4.62. The molecule has 3 rings (SSSR count). The van der Waals surface area contributed by atoms with Crippen LogP contribution in [0.25, 0.3) is 11.0 Å². The van der Waals surface area contributed by atoms with Crippen LogP contribution < -0.4 is 5.32 Å². The molecule has 108 valence electrons. The summed E-state index contributed by atoms with van der Waals surface area (Å²) in [5.74, 6) is 2.02. The molecule has 3 heteroatoms. The highest BCUT2D eigenvalue weighted by molar-refractivity contribution is 5.75. The van der Waals surface area contributed by atoms with Crippen molar-refractivity contribution >= 4 is 11.0 Å². The Morgan fingerprint density at radius 2 is 2.00 bits per heavy atom. The smallest absolute Gasteiger partial charge is 0.106 e. The van der Waals surface area contributed by atoms with Gasteiger partial charge in [-0.05, 0) is 44.4 Å². The van der Waals surface area contributed by atoms with Crippen LogP contribution in [0.2, 0.25) is 0 Å². The summed E-state index contributed by atoms with van der Waals surface area (Å²) in [6.45, 7) is 5.34. The molecule has 0 aliphatic heterocycles. The molecular weight excluding hydrogens is 246 g/mol. The molecule has 2 aromatic rings. The number of aromatic nitrogens is 2. The zero-order valence-electron chi connectivity index (χ0n) is 12.4. The number of fused-ring (bicyclic) bond motifs is 1. The molecule has 0 atom stereocenters. The predicted octanol–water partition coefficient (Wildman–Crippen LogP) is 3.51. The van der Waals surface area contributed by atoms with Gasteiger partial charge in [0.25, 0.3) is 0 Å². The van der Waals surface area contributed by atoms with Crippen molar-refractivity contribution in [3.63, 3.8) is 0 Å². The maximum Gasteiger partial charge on any atom is 0.106 e. The molecular formula is C17H25N3. The van der Waals surface area contributed by atoms with E-state index in [0.29, 0.717) is 0 Å². The fraction of sp³-hybridized carbons (Fsp3) is 0.588. The van der Waals surface area contributed by atoms with Gasteiger partial charge in [0.2, 0.25) is 0 Å². The second-order valence-corrected chi connectivity index (χ2v) is 6.01. The highest BCUT2D eigenvalue weighted by Gasteiger charge is 2.12. The molecule has 0 spiro atoms. The molecule has 20 heavy (non-hydrogen) atoms. The van der Waals surface area contributed by atoms with E-state index < -0.39 is 0 Å². The van der Waals surface area contributed by atoms with E-state index in [2.05, 4.69) is 46.1 Å². The molecule has 1 aromatic heterocycles. The number of nitrogens with one attached hydrogen (secondary N) is 1. The Bertz CT molecular complexity index is 552. The summed E-state index contributed by atoms with van der Waals surface area (Å²) < 4.78 is 2.32. The Balaban J connectivity index is 1.53. The SMILES string of the molecule is Cc1nc2ccccc2n1CCNCC1CCCCC1. The van der Waals surface area contributed by atoms with Crippen LogP contribution in [-0.4, -0.2) is 22.6 Å². The molecule has 0 amide bonds. The first-order chi connectivity index (χ1) is 9.84. The molecule has 1 N–H and O–H groups in total. The first-order valence-corrected chi connectivity index (χ1v) is 7.97. The Labute approximate surface area is 121 Å². The van der Waals surface area contributed by atoms with Crippen molar-refractivity contribution in [1.82, 2.24) is 14.9 Å². The van der Waals surface area contributed by atoms with Gasteiger partial charge in [0.1, 0.15) is 5.82 Å². The number of aryl methyl sites for hydroxylation is 1. The van der Waals surface area contributed by atoms with E-state index in [0.717, 1.165) is 30.3 Å². The quantitative estimate of drug-likeness (QED) is 0.843. The van der Waals surface area contributed by atoms with E-state index in [1.807, 2.05) is 0 Å². The lowest BCUT2D eigenvalue weighted by Crippen LogP contribution is -2.27. The third-order valence-corrected chi connectivity index (χ3v) is 4.52. The summed E-state index contributed by atoms with van der Waals surface area (Å²) >= 11 is 0. The Morgan fingerprint density at radius 1 is 1.20 bits per heavy atom.